The molecule has 0 aromatic rings. The molecule has 1 aliphatic heterocycles. The minimum absolute atomic E-state index is 1.02. The average molecular weight is 176 g/mol. The van der Waals surface area contributed by atoms with Gasteiger partial charge in [-0.15, -0.1) is 0 Å². The van der Waals surface area contributed by atoms with Crippen molar-refractivity contribution in [2.45, 2.75) is 25.7 Å². The quantitative estimate of drug-likeness (QED) is 0.645. The number of hydrogen-bond donors (Lipinski definition) is 1. The molecular weight excluding hydrogens is 160 g/mol. The van der Waals surface area contributed by atoms with E-state index < -0.39 is 0 Å². The molecule has 0 aliphatic carbocycles. The summed E-state index contributed by atoms with van der Waals surface area (Å²) < 4.78 is 0. The highest BCUT2D eigenvalue weighted by Gasteiger charge is 2.12. The first-order valence-corrected chi connectivity index (χ1v) is 5.91. The number of thiol groups is 1. The summed E-state index contributed by atoms with van der Waals surface area (Å²) in [6.45, 7) is 0. The van der Waals surface area contributed by atoms with Crippen LogP contribution < -0.4 is 0 Å². The summed E-state index contributed by atoms with van der Waals surface area (Å²) in [5, 5.41) is 0. The topological polar surface area (TPSA) is 0 Å². The summed E-state index contributed by atoms with van der Waals surface area (Å²) in [5.74, 6) is 4.90. The van der Waals surface area contributed by atoms with Crippen molar-refractivity contribution in [3.8, 4) is 0 Å². The molecule has 0 bridgehead atoms. The van der Waals surface area contributed by atoms with Crippen LogP contribution in [0.1, 0.15) is 25.7 Å². The average Bonchev–Trinajstić information content (AvgIpc) is 2.03. The summed E-state index contributed by atoms with van der Waals surface area (Å²) in [6.07, 6.45) is 5.65. The van der Waals surface area contributed by atoms with Crippen LogP contribution in [-0.2, 0) is 0 Å². The second-order valence-electron chi connectivity index (χ2n) is 2.95. The van der Waals surface area contributed by atoms with Crippen molar-refractivity contribution in [2.75, 3.05) is 17.3 Å². The highest BCUT2D eigenvalue weighted by atomic mass is 32.2. The molecule has 0 nitrogen and oxygen atoms in total. The Balaban J connectivity index is 2.02. The van der Waals surface area contributed by atoms with Crippen molar-refractivity contribution in [1.82, 2.24) is 0 Å². The molecule has 0 N–H and O–H groups in total. The summed E-state index contributed by atoms with van der Waals surface area (Å²) in [7, 11) is 0. The molecule has 0 saturated carbocycles. The SMILES string of the molecule is SCCCC1CCCSC1. The molecule has 10 heavy (non-hydrogen) atoms. The molecular formula is C8H16S2. The predicted octanol–water partition coefficient (Wildman–Crippen LogP) is 2.84. The number of thioether (sulfide) groups is 1. The minimum Gasteiger partial charge on any atom is -0.179 e. The van der Waals surface area contributed by atoms with E-state index in [1.54, 1.807) is 0 Å². The first-order chi connectivity index (χ1) is 4.93. The molecule has 1 atom stereocenters. The van der Waals surface area contributed by atoms with Crippen molar-refractivity contribution in [1.29, 1.82) is 0 Å². The standard InChI is InChI=1S/C8H16S2/c9-5-1-3-8-4-2-6-10-7-8/h8-9H,1-7H2. The van der Waals surface area contributed by atoms with Gasteiger partial charge in [-0.1, -0.05) is 0 Å². The van der Waals surface area contributed by atoms with E-state index in [9.17, 15) is 0 Å². The summed E-state index contributed by atoms with van der Waals surface area (Å²) in [4.78, 5) is 0. The molecule has 1 saturated heterocycles. The van der Waals surface area contributed by atoms with Crippen LogP contribution in [0.3, 0.4) is 0 Å². The molecule has 0 aromatic heterocycles. The van der Waals surface area contributed by atoms with Crippen LogP contribution in [0.4, 0.5) is 0 Å². The first-order valence-electron chi connectivity index (χ1n) is 4.12. The van der Waals surface area contributed by atoms with Crippen molar-refractivity contribution >= 4 is 24.4 Å². The van der Waals surface area contributed by atoms with Gasteiger partial charge in [-0.25, -0.2) is 0 Å². The fourth-order valence-corrected chi connectivity index (χ4v) is 2.80. The van der Waals surface area contributed by atoms with E-state index in [0.29, 0.717) is 0 Å². The van der Waals surface area contributed by atoms with E-state index in [0.717, 1.165) is 11.7 Å². The molecule has 1 rings (SSSR count). The monoisotopic (exact) mass is 176 g/mol. The molecule has 1 aliphatic rings. The van der Waals surface area contributed by atoms with Gasteiger partial charge >= 0.3 is 0 Å². The molecule has 0 spiro atoms. The molecule has 0 aromatic carbocycles. The van der Waals surface area contributed by atoms with Gasteiger partial charge in [-0.3, -0.25) is 0 Å². The maximum absolute atomic E-state index is 4.21. The smallest absolute Gasteiger partial charge is 0.00391 e. The van der Waals surface area contributed by atoms with Crippen LogP contribution in [0.5, 0.6) is 0 Å². The van der Waals surface area contributed by atoms with Gasteiger partial charge in [0.15, 0.2) is 0 Å². The van der Waals surface area contributed by atoms with E-state index in [1.807, 2.05) is 0 Å². The van der Waals surface area contributed by atoms with Gasteiger partial charge in [0, 0.05) is 0 Å². The lowest BCUT2D eigenvalue weighted by molar-refractivity contribution is 0.482. The lowest BCUT2D eigenvalue weighted by atomic mass is 10.0. The van der Waals surface area contributed by atoms with E-state index in [1.165, 1.54) is 37.2 Å². The molecule has 0 radical (unpaired) electrons. The third kappa shape index (κ3) is 3.20. The normalized spacial score (nSPS) is 26.7. The minimum atomic E-state index is 1.02. The summed E-state index contributed by atoms with van der Waals surface area (Å²) in [5.41, 5.74) is 0. The lowest BCUT2D eigenvalue weighted by Gasteiger charge is -2.20. The van der Waals surface area contributed by atoms with E-state index >= 15 is 0 Å². The van der Waals surface area contributed by atoms with Crippen LogP contribution >= 0.6 is 24.4 Å². The zero-order valence-corrected chi connectivity index (χ0v) is 8.09. The Morgan fingerprint density at radius 2 is 2.40 bits per heavy atom. The second-order valence-corrected chi connectivity index (χ2v) is 4.55. The summed E-state index contributed by atoms with van der Waals surface area (Å²) >= 11 is 6.34. The van der Waals surface area contributed by atoms with Crippen LogP contribution in [0.15, 0.2) is 0 Å². The van der Waals surface area contributed by atoms with E-state index in [4.69, 9.17) is 0 Å². The Labute approximate surface area is 73.6 Å². The summed E-state index contributed by atoms with van der Waals surface area (Å²) in [6, 6.07) is 0. The van der Waals surface area contributed by atoms with Gasteiger partial charge in [-0.05, 0) is 48.9 Å². The van der Waals surface area contributed by atoms with Gasteiger partial charge in [0.05, 0.1) is 0 Å². The fraction of sp³-hybridized carbons (Fsp3) is 1.00. The lowest BCUT2D eigenvalue weighted by Crippen LogP contribution is -2.10. The third-order valence-corrected chi connectivity index (χ3v) is 3.63. The highest BCUT2D eigenvalue weighted by molar-refractivity contribution is 7.99. The molecule has 0 amide bonds. The molecule has 1 heterocycles. The van der Waals surface area contributed by atoms with Crippen LogP contribution in [0, 0.1) is 5.92 Å². The van der Waals surface area contributed by atoms with Gasteiger partial charge in [0.1, 0.15) is 0 Å². The predicted molar refractivity (Wildman–Crippen MR) is 53.1 cm³/mol. The van der Waals surface area contributed by atoms with Crippen LogP contribution in [0.2, 0.25) is 0 Å². The van der Waals surface area contributed by atoms with Crippen molar-refractivity contribution in [3.63, 3.8) is 0 Å². The Kier molecular flexibility index (Phi) is 4.72. The largest absolute Gasteiger partial charge is 0.179 e. The fourth-order valence-electron chi connectivity index (χ4n) is 1.42. The molecule has 60 valence electrons. The van der Waals surface area contributed by atoms with Gasteiger partial charge in [0.25, 0.3) is 0 Å². The van der Waals surface area contributed by atoms with Crippen molar-refractivity contribution in [2.24, 2.45) is 5.92 Å². The Morgan fingerprint density at radius 1 is 1.50 bits per heavy atom. The van der Waals surface area contributed by atoms with E-state index in [2.05, 4.69) is 24.4 Å². The molecule has 1 fully saturated rings. The second kappa shape index (κ2) is 5.36. The number of hydrogen-bond acceptors (Lipinski definition) is 2. The van der Waals surface area contributed by atoms with Gasteiger partial charge < -0.3 is 0 Å². The highest BCUT2D eigenvalue weighted by Crippen LogP contribution is 2.25. The zero-order valence-electron chi connectivity index (χ0n) is 6.38. The van der Waals surface area contributed by atoms with Crippen molar-refractivity contribution in [3.05, 3.63) is 0 Å². The number of rotatable bonds is 3. The Bertz CT molecular complexity index is 77.3. The molecule has 2 heteroatoms. The van der Waals surface area contributed by atoms with Gasteiger partial charge in [0.2, 0.25) is 0 Å². The van der Waals surface area contributed by atoms with Crippen LogP contribution in [0.25, 0.3) is 0 Å². The maximum Gasteiger partial charge on any atom is -0.00391 e. The zero-order chi connectivity index (χ0) is 7.23. The van der Waals surface area contributed by atoms with Crippen LogP contribution in [-0.4, -0.2) is 17.3 Å². The molecule has 1 unspecified atom stereocenters. The Hall–Kier alpha value is 0.700. The third-order valence-electron chi connectivity index (χ3n) is 2.03. The first kappa shape index (κ1) is 8.79. The maximum atomic E-state index is 4.21. The van der Waals surface area contributed by atoms with Crippen molar-refractivity contribution < 1.29 is 0 Å². The van der Waals surface area contributed by atoms with Gasteiger partial charge in [-0.2, -0.15) is 24.4 Å². The Morgan fingerprint density at radius 3 is 3.00 bits per heavy atom. The van der Waals surface area contributed by atoms with E-state index in [-0.39, 0.29) is 0 Å².